The van der Waals surface area contributed by atoms with Gasteiger partial charge in [-0.1, -0.05) is 33.6 Å². The summed E-state index contributed by atoms with van der Waals surface area (Å²) in [5, 5.41) is 10.3. The van der Waals surface area contributed by atoms with E-state index in [0.29, 0.717) is 24.7 Å². The molecular formula is C11H14BrClO2. The molecule has 0 aliphatic carbocycles. The van der Waals surface area contributed by atoms with E-state index < -0.39 is 6.10 Å². The summed E-state index contributed by atoms with van der Waals surface area (Å²) in [4.78, 5) is 0. The van der Waals surface area contributed by atoms with Gasteiger partial charge in [0.15, 0.2) is 0 Å². The lowest BCUT2D eigenvalue weighted by molar-refractivity contribution is 0.0430. The molecule has 1 rings (SSSR count). The monoisotopic (exact) mass is 292 g/mol. The van der Waals surface area contributed by atoms with Crippen molar-refractivity contribution in [3.05, 3.63) is 33.3 Å². The van der Waals surface area contributed by atoms with Crippen LogP contribution in [0.1, 0.15) is 12.5 Å². The third kappa shape index (κ3) is 4.51. The minimum absolute atomic E-state index is 0.350. The van der Waals surface area contributed by atoms with Gasteiger partial charge < -0.3 is 9.84 Å². The van der Waals surface area contributed by atoms with Crippen molar-refractivity contribution in [1.82, 2.24) is 0 Å². The minimum atomic E-state index is -0.497. The number of benzene rings is 1. The number of aliphatic hydroxyl groups is 1. The van der Waals surface area contributed by atoms with E-state index in [9.17, 15) is 5.11 Å². The van der Waals surface area contributed by atoms with Crippen LogP contribution in [0.4, 0.5) is 0 Å². The number of halogens is 2. The second-order valence-corrected chi connectivity index (χ2v) is 4.58. The first-order valence-electron chi connectivity index (χ1n) is 4.83. The second-order valence-electron chi connectivity index (χ2n) is 3.25. The molecule has 0 aliphatic rings. The molecule has 0 aromatic heterocycles. The maximum absolute atomic E-state index is 9.63. The quantitative estimate of drug-likeness (QED) is 0.904. The second kappa shape index (κ2) is 6.48. The van der Waals surface area contributed by atoms with Gasteiger partial charge in [0.25, 0.3) is 0 Å². The Bertz CT molecular complexity index is 317. The van der Waals surface area contributed by atoms with Gasteiger partial charge in [0.2, 0.25) is 0 Å². The molecule has 84 valence electrons. The Morgan fingerprint density at radius 3 is 2.87 bits per heavy atom. The largest absolute Gasteiger partial charge is 0.390 e. The molecule has 1 atom stereocenters. The van der Waals surface area contributed by atoms with E-state index in [1.54, 1.807) is 0 Å². The molecular weight excluding hydrogens is 279 g/mol. The highest BCUT2D eigenvalue weighted by molar-refractivity contribution is 9.10. The van der Waals surface area contributed by atoms with Crippen molar-refractivity contribution in [3.8, 4) is 0 Å². The van der Waals surface area contributed by atoms with E-state index in [0.717, 1.165) is 10.0 Å². The van der Waals surface area contributed by atoms with Gasteiger partial charge in [0.05, 0.1) is 12.7 Å². The fraction of sp³-hybridized carbons (Fsp3) is 0.455. The zero-order valence-electron chi connectivity index (χ0n) is 8.54. The summed E-state index contributed by atoms with van der Waals surface area (Å²) in [7, 11) is 0. The molecule has 2 nitrogen and oxygen atoms in total. The average molecular weight is 294 g/mol. The normalized spacial score (nSPS) is 12.8. The van der Waals surface area contributed by atoms with Gasteiger partial charge >= 0.3 is 0 Å². The smallest absolute Gasteiger partial charge is 0.0814 e. The van der Waals surface area contributed by atoms with Crippen LogP contribution in [0.15, 0.2) is 22.7 Å². The van der Waals surface area contributed by atoms with Crippen molar-refractivity contribution >= 4 is 27.5 Å². The van der Waals surface area contributed by atoms with Gasteiger partial charge in [-0.25, -0.2) is 0 Å². The van der Waals surface area contributed by atoms with Crippen LogP contribution in [0.5, 0.6) is 0 Å². The van der Waals surface area contributed by atoms with Crippen LogP contribution in [0.3, 0.4) is 0 Å². The highest BCUT2D eigenvalue weighted by Crippen LogP contribution is 2.22. The average Bonchev–Trinajstić information content (AvgIpc) is 2.19. The molecule has 15 heavy (non-hydrogen) atoms. The van der Waals surface area contributed by atoms with Crippen LogP contribution in [0, 0.1) is 0 Å². The van der Waals surface area contributed by atoms with Gasteiger partial charge in [-0.3, -0.25) is 0 Å². The summed E-state index contributed by atoms with van der Waals surface area (Å²) in [5.41, 5.74) is 0.937. The molecule has 0 aliphatic heterocycles. The van der Waals surface area contributed by atoms with Crippen LogP contribution in [0.25, 0.3) is 0 Å². The fourth-order valence-electron chi connectivity index (χ4n) is 1.25. The van der Waals surface area contributed by atoms with E-state index in [1.807, 2.05) is 25.1 Å². The number of aliphatic hydroxyl groups excluding tert-OH is 1. The Labute approximate surface area is 103 Å². The molecule has 0 spiro atoms. The lowest BCUT2D eigenvalue weighted by Gasteiger charge is -2.11. The maximum Gasteiger partial charge on any atom is 0.0814 e. The zero-order valence-corrected chi connectivity index (χ0v) is 10.9. The molecule has 1 N–H and O–H groups in total. The molecule has 0 bridgehead atoms. The zero-order chi connectivity index (χ0) is 11.3. The SMILES string of the molecule is CCOCC(O)Cc1ccc(Br)cc1Cl. The molecule has 0 radical (unpaired) electrons. The van der Waals surface area contributed by atoms with E-state index >= 15 is 0 Å². The first-order chi connectivity index (χ1) is 7.13. The number of ether oxygens (including phenoxy) is 1. The Morgan fingerprint density at radius 1 is 1.53 bits per heavy atom. The molecule has 1 unspecified atom stereocenters. The predicted octanol–water partition coefficient (Wildman–Crippen LogP) is 3.04. The fourth-order valence-corrected chi connectivity index (χ4v) is 2.00. The van der Waals surface area contributed by atoms with Crippen molar-refractivity contribution in [1.29, 1.82) is 0 Å². The highest BCUT2D eigenvalue weighted by atomic mass is 79.9. The maximum atomic E-state index is 9.63. The van der Waals surface area contributed by atoms with Crippen molar-refractivity contribution in [2.24, 2.45) is 0 Å². The van der Waals surface area contributed by atoms with Crippen molar-refractivity contribution < 1.29 is 9.84 Å². The minimum Gasteiger partial charge on any atom is -0.390 e. The van der Waals surface area contributed by atoms with Crippen LogP contribution >= 0.6 is 27.5 Å². The molecule has 4 heteroatoms. The molecule has 0 saturated heterocycles. The summed E-state index contributed by atoms with van der Waals surface area (Å²) >= 11 is 9.36. The molecule has 0 amide bonds. The molecule has 0 heterocycles. The van der Waals surface area contributed by atoms with Crippen molar-refractivity contribution in [2.75, 3.05) is 13.2 Å². The van der Waals surface area contributed by atoms with Gasteiger partial charge in [-0.05, 0) is 24.6 Å². The van der Waals surface area contributed by atoms with Gasteiger partial charge in [-0.2, -0.15) is 0 Å². The van der Waals surface area contributed by atoms with Crippen LogP contribution < -0.4 is 0 Å². The van der Waals surface area contributed by atoms with Crippen LogP contribution in [-0.2, 0) is 11.2 Å². The lowest BCUT2D eigenvalue weighted by Crippen LogP contribution is -2.18. The third-order valence-electron chi connectivity index (χ3n) is 1.99. The Hall–Kier alpha value is -0.0900. The summed E-state index contributed by atoms with van der Waals surface area (Å²) in [6.45, 7) is 2.87. The van der Waals surface area contributed by atoms with Gasteiger partial charge in [0, 0.05) is 22.5 Å². The number of rotatable bonds is 5. The first-order valence-corrected chi connectivity index (χ1v) is 6.00. The van der Waals surface area contributed by atoms with Gasteiger partial charge in [-0.15, -0.1) is 0 Å². The van der Waals surface area contributed by atoms with Gasteiger partial charge in [0.1, 0.15) is 0 Å². The van der Waals surface area contributed by atoms with E-state index in [2.05, 4.69) is 15.9 Å². The number of hydrogen-bond acceptors (Lipinski definition) is 2. The molecule has 0 saturated carbocycles. The topological polar surface area (TPSA) is 29.5 Å². The molecule has 1 aromatic carbocycles. The summed E-state index contributed by atoms with van der Waals surface area (Å²) < 4.78 is 6.07. The van der Waals surface area contributed by atoms with Crippen molar-refractivity contribution in [2.45, 2.75) is 19.4 Å². The lowest BCUT2D eigenvalue weighted by atomic mass is 10.1. The summed E-state index contributed by atoms with van der Waals surface area (Å²) in [5.74, 6) is 0. The van der Waals surface area contributed by atoms with E-state index in [4.69, 9.17) is 16.3 Å². The third-order valence-corrected chi connectivity index (χ3v) is 2.83. The molecule has 1 aromatic rings. The standard InChI is InChI=1S/C11H14BrClO2/c1-2-15-7-10(14)5-8-3-4-9(12)6-11(8)13/h3-4,6,10,14H,2,5,7H2,1H3. The number of hydrogen-bond donors (Lipinski definition) is 1. The van der Waals surface area contributed by atoms with Crippen molar-refractivity contribution in [3.63, 3.8) is 0 Å². The van der Waals surface area contributed by atoms with Crippen LogP contribution in [0.2, 0.25) is 5.02 Å². The van der Waals surface area contributed by atoms with E-state index in [1.165, 1.54) is 0 Å². The van der Waals surface area contributed by atoms with E-state index in [-0.39, 0.29) is 0 Å². The first kappa shape index (κ1) is 13.0. The summed E-state index contributed by atoms with van der Waals surface area (Å²) in [6.07, 6.45) is 0.0233. The predicted molar refractivity (Wildman–Crippen MR) is 65.4 cm³/mol. The molecule has 0 fully saturated rings. The Kier molecular flexibility index (Phi) is 5.61. The van der Waals surface area contributed by atoms with Crippen LogP contribution in [-0.4, -0.2) is 24.4 Å². The highest BCUT2D eigenvalue weighted by Gasteiger charge is 2.08. The Balaban J connectivity index is 2.56. The Morgan fingerprint density at radius 2 is 2.27 bits per heavy atom. The summed E-state index contributed by atoms with van der Waals surface area (Å²) in [6, 6.07) is 5.64.